The van der Waals surface area contributed by atoms with Crippen molar-refractivity contribution in [1.29, 1.82) is 0 Å². The molecule has 20 heavy (non-hydrogen) atoms. The third-order valence-corrected chi connectivity index (χ3v) is 4.08. The Balaban J connectivity index is 2.66. The van der Waals surface area contributed by atoms with Crippen molar-refractivity contribution in [2.45, 2.75) is 18.9 Å². The Morgan fingerprint density at radius 1 is 1.30 bits per heavy atom. The van der Waals surface area contributed by atoms with Gasteiger partial charge in [-0.2, -0.15) is 0 Å². The smallest absolute Gasteiger partial charge is 0.328 e. The predicted octanol–water partition coefficient (Wildman–Crippen LogP) is 1.74. The lowest BCUT2D eigenvalue weighted by Gasteiger charge is -2.15. The fourth-order valence-electron chi connectivity index (χ4n) is 1.42. The molecule has 0 aliphatic heterocycles. The van der Waals surface area contributed by atoms with Crippen LogP contribution in [0.2, 0.25) is 0 Å². The minimum Gasteiger partial charge on any atom is -0.469 e. The summed E-state index contributed by atoms with van der Waals surface area (Å²) in [6, 6.07) is 2.49. The second kappa shape index (κ2) is 8.01. The molecule has 0 bridgehead atoms. The van der Waals surface area contributed by atoms with E-state index in [0.29, 0.717) is 4.88 Å². The zero-order valence-electron chi connectivity index (χ0n) is 11.0. The molecule has 0 saturated carbocycles. The maximum absolute atomic E-state index is 12.0. The summed E-state index contributed by atoms with van der Waals surface area (Å²) in [7, 11) is 2.48. The number of ether oxygens (including phenoxy) is 2. The van der Waals surface area contributed by atoms with Crippen LogP contribution in [0, 0.1) is 0 Å². The van der Waals surface area contributed by atoms with Gasteiger partial charge in [0.25, 0.3) is 5.91 Å². The molecule has 0 fully saturated rings. The van der Waals surface area contributed by atoms with Gasteiger partial charge in [-0.05, 0) is 34.5 Å². The first-order chi connectivity index (χ1) is 9.47. The Kier molecular flexibility index (Phi) is 6.66. The molecule has 1 N–H and O–H groups in total. The van der Waals surface area contributed by atoms with Crippen molar-refractivity contribution in [1.82, 2.24) is 5.32 Å². The second-order valence-corrected chi connectivity index (χ2v) is 6.23. The molecule has 0 aliphatic rings. The molecular weight excluding hydrogens is 350 g/mol. The van der Waals surface area contributed by atoms with Gasteiger partial charge in [0.05, 0.1) is 22.9 Å². The van der Waals surface area contributed by atoms with Crippen LogP contribution in [0.3, 0.4) is 0 Å². The lowest BCUT2D eigenvalue weighted by Crippen LogP contribution is -2.41. The van der Waals surface area contributed by atoms with Gasteiger partial charge in [-0.15, -0.1) is 11.3 Å². The van der Waals surface area contributed by atoms with Gasteiger partial charge in [0.15, 0.2) is 0 Å². The molecule has 110 valence electrons. The number of thiophene rings is 1. The topological polar surface area (TPSA) is 81.7 Å². The van der Waals surface area contributed by atoms with Crippen LogP contribution in [-0.4, -0.2) is 38.1 Å². The molecule has 1 heterocycles. The maximum atomic E-state index is 12.0. The van der Waals surface area contributed by atoms with Crippen molar-refractivity contribution in [3.8, 4) is 0 Å². The summed E-state index contributed by atoms with van der Waals surface area (Å²) in [5, 5.41) is 2.55. The van der Waals surface area contributed by atoms with Gasteiger partial charge in [0.1, 0.15) is 6.04 Å². The van der Waals surface area contributed by atoms with Gasteiger partial charge in [-0.25, -0.2) is 4.79 Å². The summed E-state index contributed by atoms with van der Waals surface area (Å²) >= 11 is 4.50. The van der Waals surface area contributed by atoms with E-state index in [-0.39, 0.29) is 18.7 Å². The third kappa shape index (κ3) is 4.93. The summed E-state index contributed by atoms with van der Waals surface area (Å²) in [5.74, 6) is -1.44. The molecule has 8 heteroatoms. The van der Waals surface area contributed by atoms with E-state index in [2.05, 4.69) is 30.7 Å². The molecule has 1 aromatic heterocycles. The maximum Gasteiger partial charge on any atom is 0.328 e. The lowest BCUT2D eigenvalue weighted by molar-refractivity contribution is -0.144. The fourth-order valence-corrected chi connectivity index (χ4v) is 2.71. The monoisotopic (exact) mass is 363 g/mol. The second-order valence-electron chi connectivity index (χ2n) is 3.77. The number of carbonyl (C=O) groups excluding carboxylic acids is 3. The molecule has 1 aromatic rings. The van der Waals surface area contributed by atoms with E-state index in [1.54, 1.807) is 12.1 Å². The van der Waals surface area contributed by atoms with Crippen LogP contribution in [0.25, 0.3) is 0 Å². The van der Waals surface area contributed by atoms with E-state index in [1.165, 1.54) is 25.6 Å². The third-order valence-electron chi connectivity index (χ3n) is 2.45. The Bertz CT molecular complexity index is 502. The Morgan fingerprint density at radius 3 is 2.50 bits per heavy atom. The van der Waals surface area contributed by atoms with Crippen LogP contribution in [0.4, 0.5) is 0 Å². The van der Waals surface area contributed by atoms with Crippen LogP contribution in [-0.2, 0) is 19.1 Å². The highest BCUT2D eigenvalue weighted by molar-refractivity contribution is 9.11. The average Bonchev–Trinajstić information content (AvgIpc) is 2.88. The normalized spacial score (nSPS) is 11.6. The Labute approximate surface area is 128 Å². The molecule has 0 saturated heterocycles. The van der Waals surface area contributed by atoms with Gasteiger partial charge in [0.2, 0.25) is 0 Å². The molecule has 0 unspecified atom stereocenters. The minimum atomic E-state index is -0.882. The summed E-state index contributed by atoms with van der Waals surface area (Å²) in [4.78, 5) is 35.1. The van der Waals surface area contributed by atoms with E-state index in [1.807, 2.05) is 0 Å². The van der Waals surface area contributed by atoms with Gasteiger partial charge in [-0.3, -0.25) is 9.59 Å². The summed E-state index contributed by atoms with van der Waals surface area (Å²) in [6.07, 6.45) is 0.141. The number of carbonyl (C=O) groups is 3. The van der Waals surface area contributed by atoms with Gasteiger partial charge in [-0.1, -0.05) is 0 Å². The van der Waals surface area contributed by atoms with Crippen molar-refractivity contribution < 1.29 is 23.9 Å². The highest BCUT2D eigenvalue weighted by Crippen LogP contribution is 2.22. The first kappa shape index (κ1) is 16.6. The molecule has 1 atom stereocenters. The van der Waals surface area contributed by atoms with Gasteiger partial charge in [0, 0.05) is 6.42 Å². The zero-order chi connectivity index (χ0) is 15.1. The predicted molar refractivity (Wildman–Crippen MR) is 76.5 cm³/mol. The Hall–Kier alpha value is -1.41. The van der Waals surface area contributed by atoms with Gasteiger partial charge < -0.3 is 14.8 Å². The number of hydrogen-bond donors (Lipinski definition) is 1. The van der Waals surface area contributed by atoms with Crippen LogP contribution in [0.15, 0.2) is 15.9 Å². The molecule has 0 aromatic carbocycles. The number of esters is 2. The number of halogens is 1. The number of rotatable bonds is 6. The van der Waals surface area contributed by atoms with Crippen LogP contribution in [0.1, 0.15) is 22.5 Å². The highest BCUT2D eigenvalue weighted by Gasteiger charge is 2.23. The SMILES string of the molecule is COC(=O)CC[C@@H](NC(=O)c1ccc(Br)s1)C(=O)OC. The largest absolute Gasteiger partial charge is 0.469 e. The van der Waals surface area contributed by atoms with E-state index < -0.39 is 18.0 Å². The van der Waals surface area contributed by atoms with Crippen molar-refractivity contribution in [2.75, 3.05) is 14.2 Å². The number of methoxy groups -OCH3 is 2. The van der Waals surface area contributed by atoms with E-state index in [0.717, 1.165) is 3.79 Å². The molecular formula is C12H14BrNO5S. The molecule has 1 rings (SSSR count). The minimum absolute atomic E-state index is 0.0185. The molecule has 0 aliphatic carbocycles. The van der Waals surface area contributed by atoms with Crippen molar-refractivity contribution in [2.24, 2.45) is 0 Å². The molecule has 0 spiro atoms. The average molecular weight is 364 g/mol. The fraction of sp³-hybridized carbons (Fsp3) is 0.417. The molecule has 0 radical (unpaired) electrons. The lowest BCUT2D eigenvalue weighted by atomic mass is 10.1. The van der Waals surface area contributed by atoms with Crippen LogP contribution in [0.5, 0.6) is 0 Å². The number of amides is 1. The van der Waals surface area contributed by atoms with Crippen molar-refractivity contribution >= 4 is 45.1 Å². The van der Waals surface area contributed by atoms with E-state index >= 15 is 0 Å². The first-order valence-electron chi connectivity index (χ1n) is 5.68. The van der Waals surface area contributed by atoms with Crippen LogP contribution >= 0.6 is 27.3 Å². The van der Waals surface area contributed by atoms with Gasteiger partial charge >= 0.3 is 11.9 Å². The van der Waals surface area contributed by atoms with Crippen molar-refractivity contribution in [3.05, 3.63) is 20.8 Å². The standard InChI is InChI=1S/C12H14BrNO5S/c1-18-10(15)6-3-7(12(17)19-2)14-11(16)8-4-5-9(13)20-8/h4-5,7H,3,6H2,1-2H3,(H,14,16)/t7-/m1/s1. The zero-order valence-corrected chi connectivity index (χ0v) is 13.4. The molecule has 1 amide bonds. The number of nitrogens with one attached hydrogen (secondary N) is 1. The van der Waals surface area contributed by atoms with Crippen molar-refractivity contribution in [3.63, 3.8) is 0 Å². The first-order valence-corrected chi connectivity index (χ1v) is 7.29. The summed E-state index contributed by atoms with van der Waals surface area (Å²) in [6.45, 7) is 0. The quantitative estimate of drug-likeness (QED) is 0.778. The van der Waals surface area contributed by atoms with E-state index in [4.69, 9.17) is 0 Å². The van der Waals surface area contributed by atoms with E-state index in [9.17, 15) is 14.4 Å². The Morgan fingerprint density at radius 2 is 2.00 bits per heavy atom. The molecule has 6 nitrogen and oxygen atoms in total. The summed E-state index contributed by atoms with van der Waals surface area (Å²) in [5.41, 5.74) is 0. The van der Waals surface area contributed by atoms with Crippen LogP contribution < -0.4 is 5.32 Å². The highest BCUT2D eigenvalue weighted by atomic mass is 79.9. The number of hydrogen-bond acceptors (Lipinski definition) is 6. The summed E-state index contributed by atoms with van der Waals surface area (Å²) < 4.78 is 9.92.